The summed E-state index contributed by atoms with van der Waals surface area (Å²) in [6.45, 7) is 9.85. The minimum absolute atomic E-state index is 0.0116. The van der Waals surface area contributed by atoms with Crippen LogP contribution in [-0.4, -0.2) is 27.5 Å². The molecule has 1 rings (SSSR count). The zero-order valence-electron chi connectivity index (χ0n) is 14.0. The number of ketones is 1. The number of hydrogen-bond donors (Lipinski definition) is 1. The number of aromatic nitrogens is 2. The second-order valence-corrected chi connectivity index (χ2v) is 6.20. The molecule has 21 heavy (non-hydrogen) atoms. The fourth-order valence-corrected chi connectivity index (χ4v) is 2.41. The Hall–Kier alpha value is -1.65. The second-order valence-electron chi connectivity index (χ2n) is 6.20. The number of nitrogens with one attached hydrogen (secondary N) is 1. The number of carbonyl (C=O) groups is 2. The maximum Gasteiger partial charge on any atom is 0.292 e. The molecule has 0 aliphatic carbocycles. The molecular formula is C16H27N3O2. The Labute approximate surface area is 127 Å². The molecule has 1 aromatic heterocycles. The first-order valence-corrected chi connectivity index (χ1v) is 7.59. The predicted octanol–water partition coefficient (Wildman–Crippen LogP) is 2.55. The molecule has 5 nitrogen and oxygen atoms in total. The second kappa shape index (κ2) is 7.38. The molecule has 0 saturated heterocycles. The molecule has 0 aromatic carbocycles. The molecule has 1 aromatic rings. The van der Waals surface area contributed by atoms with Gasteiger partial charge in [-0.2, -0.15) is 5.10 Å². The molecule has 118 valence electrons. The fourth-order valence-electron chi connectivity index (χ4n) is 2.41. The van der Waals surface area contributed by atoms with Crippen LogP contribution in [0.1, 0.15) is 61.8 Å². The van der Waals surface area contributed by atoms with Gasteiger partial charge in [0.15, 0.2) is 0 Å². The van der Waals surface area contributed by atoms with Crippen LogP contribution in [0.2, 0.25) is 0 Å². The summed E-state index contributed by atoms with van der Waals surface area (Å²) >= 11 is 0. The van der Waals surface area contributed by atoms with Crippen LogP contribution in [0.3, 0.4) is 0 Å². The Kier molecular flexibility index (Phi) is 6.12. The zero-order chi connectivity index (χ0) is 16.2. The predicted molar refractivity (Wildman–Crippen MR) is 83.3 cm³/mol. The third-order valence-corrected chi connectivity index (χ3v) is 3.74. The van der Waals surface area contributed by atoms with Crippen molar-refractivity contribution in [1.29, 1.82) is 0 Å². The van der Waals surface area contributed by atoms with Gasteiger partial charge < -0.3 is 5.32 Å². The van der Waals surface area contributed by atoms with Crippen LogP contribution in [0.25, 0.3) is 0 Å². The summed E-state index contributed by atoms with van der Waals surface area (Å²) in [6.07, 6.45) is 3.08. The maximum atomic E-state index is 12.3. The van der Waals surface area contributed by atoms with Crippen LogP contribution in [-0.2, 0) is 11.8 Å². The lowest BCUT2D eigenvalue weighted by molar-refractivity contribution is -0.117. The summed E-state index contributed by atoms with van der Waals surface area (Å²) in [6, 6.07) is 0.0116. The lowest BCUT2D eigenvalue weighted by atomic mass is 10.0. The number of nitrogens with zero attached hydrogens (tertiary/aromatic N) is 2. The van der Waals surface area contributed by atoms with Crippen LogP contribution in [0.5, 0.6) is 0 Å². The monoisotopic (exact) mass is 293 g/mol. The van der Waals surface area contributed by atoms with Gasteiger partial charge in [-0.25, -0.2) is 0 Å². The van der Waals surface area contributed by atoms with E-state index in [4.69, 9.17) is 0 Å². The number of Topliss-reactive ketones (excluding diaryl/α,β-unsaturated/α-hetero) is 1. The summed E-state index contributed by atoms with van der Waals surface area (Å²) in [5.41, 5.74) is 1.74. The van der Waals surface area contributed by atoms with Crippen LogP contribution in [0, 0.1) is 19.8 Å². The Balaban J connectivity index is 2.61. The average Bonchev–Trinajstić information content (AvgIpc) is 2.61. The average molecular weight is 293 g/mol. The van der Waals surface area contributed by atoms with E-state index in [2.05, 4.69) is 24.3 Å². The molecule has 0 aliphatic rings. The van der Waals surface area contributed by atoms with Gasteiger partial charge in [0.05, 0.1) is 11.3 Å². The molecule has 1 heterocycles. The highest BCUT2D eigenvalue weighted by Crippen LogP contribution is 2.13. The summed E-state index contributed by atoms with van der Waals surface area (Å²) < 4.78 is 1.63. The van der Waals surface area contributed by atoms with Crippen molar-refractivity contribution < 1.29 is 9.59 Å². The lowest BCUT2D eigenvalue weighted by Gasteiger charge is -2.14. The summed E-state index contributed by atoms with van der Waals surface area (Å²) in [5, 5.41) is 6.97. The molecule has 1 unspecified atom stereocenters. The van der Waals surface area contributed by atoms with Gasteiger partial charge in [0.25, 0.3) is 11.7 Å². The van der Waals surface area contributed by atoms with Crippen molar-refractivity contribution >= 4 is 11.7 Å². The van der Waals surface area contributed by atoms with Gasteiger partial charge in [-0.05, 0) is 33.1 Å². The van der Waals surface area contributed by atoms with Gasteiger partial charge in [0.1, 0.15) is 0 Å². The SMILES string of the molecule is Cc1nn(C)c(C)c1C(=O)C(=O)NC(C)CCCC(C)C. The smallest absolute Gasteiger partial charge is 0.292 e. The van der Waals surface area contributed by atoms with E-state index in [0.29, 0.717) is 17.2 Å². The van der Waals surface area contributed by atoms with Crippen molar-refractivity contribution in [2.24, 2.45) is 13.0 Å². The minimum Gasteiger partial charge on any atom is -0.347 e. The van der Waals surface area contributed by atoms with E-state index in [1.807, 2.05) is 6.92 Å². The molecule has 5 heteroatoms. The summed E-state index contributed by atoms with van der Waals surface area (Å²) in [7, 11) is 1.77. The largest absolute Gasteiger partial charge is 0.347 e. The maximum absolute atomic E-state index is 12.3. The van der Waals surface area contributed by atoms with Gasteiger partial charge >= 0.3 is 0 Å². The molecule has 1 amide bonds. The fraction of sp³-hybridized carbons (Fsp3) is 0.688. The molecule has 0 saturated carbocycles. The van der Waals surface area contributed by atoms with E-state index in [0.717, 1.165) is 25.0 Å². The molecule has 0 spiro atoms. The van der Waals surface area contributed by atoms with E-state index in [1.54, 1.807) is 25.6 Å². The van der Waals surface area contributed by atoms with Crippen molar-refractivity contribution in [3.05, 3.63) is 17.0 Å². The first-order valence-electron chi connectivity index (χ1n) is 7.59. The van der Waals surface area contributed by atoms with E-state index >= 15 is 0 Å². The number of amides is 1. The van der Waals surface area contributed by atoms with Gasteiger partial charge in [-0.15, -0.1) is 0 Å². The van der Waals surface area contributed by atoms with E-state index in [-0.39, 0.29) is 6.04 Å². The quantitative estimate of drug-likeness (QED) is 0.620. The molecule has 0 aliphatic heterocycles. The highest BCUT2D eigenvalue weighted by molar-refractivity contribution is 6.43. The van der Waals surface area contributed by atoms with Crippen LogP contribution in [0.15, 0.2) is 0 Å². The molecule has 0 radical (unpaired) electrons. The van der Waals surface area contributed by atoms with Crippen molar-refractivity contribution in [1.82, 2.24) is 15.1 Å². The van der Waals surface area contributed by atoms with Crippen molar-refractivity contribution in [3.8, 4) is 0 Å². The number of aryl methyl sites for hydroxylation is 2. The first-order chi connectivity index (χ1) is 9.73. The van der Waals surface area contributed by atoms with E-state index in [9.17, 15) is 9.59 Å². The molecule has 1 N–H and O–H groups in total. The van der Waals surface area contributed by atoms with Crippen molar-refractivity contribution in [3.63, 3.8) is 0 Å². The van der Waals surface area contributed by atoms with Crippen LogP contribution in [0.4, 0.5) is 0 Å². The lowest BCUT2D eigenvalue weighted by Crippen LogP contribution is -2.38. The molecular weight excluding hydrogens is 266 g/mol. The third kappa shape index (κ3) is 4.69. The van der Waals surface area contributed by atoms with Crippen molar-refractivity contribution in [2.75, 3.05) is 0 Å². The van der Waals surface area contributed by atoms with E-state index in [1.165, 1.54) is 0 Å². The molecule has 0 bridgehead atoms. The number of rotatable bonds is 7. The van der Waals surface area contributed by atoms with E-state index < -0.39 is 11.7 Å². The standard InChI is InChI=1S/C16H27N3O2/c1-10(2)8-7-9-11(3)17-16(21)15(20)14-12(4)18-19(6)13(14)5/h10-11H,7-9H2,1-6H3,(H,17,21). The van der Waals surface area contributed by atoms with Crippen LogP contribution < -0.4 is 5.32 Å². The van der Waals surface area contributed by atoms with Gasteiger partial charge in [0.2, 0.25) is 0 Å². The number of carbonyl (C=O) groups excluding carboxylic acids is 2. The molecule has 0 fully saturated rings. The Morgan fingerprint density at radius 2 is 1.81 bits per heavy atom. The zero-order valence-corrected chi connectivity index (χ0v) is 14.0. The summed E-state index contributed by atoms with van der Waals surface area (Å²) in [4.78, 5) is 24.3. The minimum atomic E-state index is -0.536. The Morgan fingerprint density at radius 1 is 1.19 bits per heavy atom. The Bertz CT molecular complexity index is 518. The topological polar surface area (TPSA) is 64.0 Å². The highest BCUT2D eigenvalue weighted by atomic mass is 16.2. The first kappa shape index (κ1) is 17.4. The van der Waals surface area contributed by atoms with Gasteiger partial charge in [-0.1, -0.05) is 26.7 Å². The van der Waals surface area contributed by atoms with Gasteiger partial charge in [-0.3, -0.25) is 14.3 Å². The van der Waals surface area contributed by atoms with Crippen molar-refractivity contribution in [2.45, 2.75) is 59.9 Å². The molecule has 1 atom stereocenters. The number of hydrogen-bond acceptors (Lipinski definition) is 3. The van der Waals surface area contributed by atoms with Crippen LogP contribution >= 0.6 is 0 Å². The normalized spacial score (nSPS) is 12.5. The third-order valence-electron chi connectivity index (χ3n) is 3.74. The highest BCUT2D eigenvalue weighted by Gasteiger charge is 2.24. The Morgan fingerprint density at radius 3 is 2.29 bits per heavy atom. The summed E-state index contributed by atoms with van der Waals surface area (Å²) in [5.74, 6) is -0.365. The van der Waals surface area contributed by atoms with Gasteiger partial charge in [0, 0.05) is 18.8 Å².